The van der Waals surface area contributed by atoms with E-state index in [1.807, 2.05) is 33.8 Å². The molecule has 2 aromatic heterocycles. The summed E-state index contributed by atoms with van der Waals surface area (Å²) in [5, 5.41) is 16.1. The lowest BCUT2D eigenvalue weighted by atomic mass is 9.88. The number of fused-ring (bicyclic) bond motifs is 2. The number of carbonyl (C=O) groups is 3. The fourth-order valence-corrected chi connectivity index (χ4v) is 4.35. The van der Waals surface area contributed by atoms with E-state index >= 15 is 0 Å². The molecule has 2 unspecified atom stereocenters. The van der Waals surface area contributed by atoms with Gasteiger partial charge >= 0.3 is 0 Å². The molecule has 1 saturated heterocycles. The van der Waals surface area contributed by atoms with E-state index in [0.717, 1.165) is 25.1 Å². The Balaban J connectivity index is 0.00000100. The van der Waals surface area contributed by atoms with E-state index in [9.17, 15) is 14.4 Å². The number of hydrogen-bond donors (Lipinski definition) is 4. The highest BCUT2D eigenvalue weighted by Gasteiger charge is 2.23. The van der Waals surface area contributed by atoms with Crippen LogP contribution in [-0.4, -0.2) is 58.6 Å². The van der Waals surface area contributed by atoms with Crippen molar-refractivity contribution in [1.29, 1.82) is 0 Å². The molecule has 11 nitrogen and oxygen atoms in total. The molecule has 4 heterocycles. The van der Waals surface area contributed by atoms with E-state index in [-0.39, 0.29) is 36.4 Å². The predicted octanol–water partition coefficient (Wildman–Crippen LogP) is 3.02. The number of ether oxygens (including phenoxy) is 1. The second kappa shape index (κ2) is 14.2. The highest BCUT2D eigenvalue weighted by Crippen LogP contribution is 2.28. The monoisotopic (exact) mass is 537 g/mol. The van der Waals surface area contributed by atoms with Crippen LogP contribution in [0.25, 0.3) is 5.65 Å². The van der Waals surface area contributed by atoms with Crippen LogP contribution >= 0.6 is 0 Å². The minimum absolute atomic E-state index is 0.0156. The van der Waals surface area contributed by atoms with Crippen molar-refractivity contribution in [3.05, 3.63) is 53.5 Å². The van der Waals surface area contributed by atoms with Crippen molar-refractivity contribution in [1.82, 2.24) is 30.5 Å². The zero-order chi connectivity index (χ0) is 28.4. The molecule has 210 valence electrons. The summed E-state index contributed by atoms with van der Waals surface area (Å²) in [5.41, 5.74) is 2.11. The standard InChI is InChI=1S/C24H27N7O4.2C2H6/c1-14-4-6-25-11-16(14)12-27-24(34)19-9-18(29-21-5-7-28-31(19)21)23(33)26-10-15-2-3-20-17(8-15)30-22(32)13-35-20;2*1-2/h2-3,5,7-9,14,16,25H,4,6,10-13H2,1H3,(H,26,33)(H,27,34)(H,30,32);2*1-2H3. The van der Waals surface area contributed by atoms with Crippen molar-refractivity contribution in [2.45, 2.75) is 47.6 Å². The smallest absolute Gasteiger partial charge is 0.270 e. The third-order valence-corrected chi connectivity index (χ3v) is 6.47. The first-order valence-corrected chi connectivity index (χ1v) is 13.7. The first kappa shape index (κ1) is 29.6. The third kappa shape index (κ3) is 7.32. The van der Waals surface area contributed by atoms with Crippen LogP contribution in [-0.2, 0) is 11.3 Å². The summed E-state index contributed by atoms with van der Waals surface area (Å²) in [5.74, 6) is 0.489. The molecule has 0 aliphatic carbocycles. The first-order valence-electron chi connectivity index (χ1n) is 13.7. The van der Waals surface area contributed by atoms with Gasteiger partial charge in [0, 0.05) is 25.2 Å². The number of hydrogen-bond acceptors (Lipinski definition) is 7. The maximum absolute atomic E-state index is 13.0. The second-order valence-corrected chi connectivity index (χ2v) is 8.92. The molecule has 0 spiro atoms. The van der Waals surface area contributed by atoms with Crippen molar-refractivity contribution in [3.63, 3.8) is 0 Å². The Morgan fingerprint density at radius 1 is 1.10 bits per heavy atom. The number of aromatic nitrogens is 3. The average Bonchev–Trinajstić information content (AvgIpc) is 3.45. The van der Waals surface area contributed by atoms with Crippen LogP contribution < -0.4 is 26.0 Å². The fourth-order valence-electron chi connectivity index (χ4n) is 4.35. The molecule has 4 N–H and O–H groups in total. The van der Waals surface area contributed by atoms with Gasteiger partial charge in [-0.15, -0.1) is 0 Å². The third-order valence-electron chi connectivity index (χ3n) is 6.47. The van der Waals surface area contributed by atoms with Gasteiger partial charge in [-0.2, -0.15) is 5.10 Å². The molecular weight excluding hydrogens is 498 g/mol. The van der Waals surface area contributed by atoms with Gasteiger partial charge in [0.1, 0.15) is 17.1 Å². The van der Waals surface area contributed by atoms with E-state index in [0.29, 0.717) is 35.5 Å². The summed E-state index contributed by atoms with van der Waals surface area (Å²) < 4.78 is 6.79. The summed E-state index contributed by atoms with van der Waals surface area (Å²) in [6, 6.07) is 8.41. The zero-order valence-electron chi connectivity index (χ0n) is 23.3. The number of piperidine rings is 1. The quantitative estimate of drug-likeness (QED) is 0.379. The highest BCUT2D eigenvalue weighted by atomic mass is 16.5. The molecule has 5 rings (SSSR count). The van der Waals surface area contributed by atoms with Crippen molar-refractivity contribution < 1.29 is 19.1 Å². The summed E-state index contributed by atoms with van der Waals surface area (Å²) in [6.45, 7) is 12.8. The van der Waals surface area contributed by atoms with E-state index in [1.165, 1.54) is 16.8 Å². The summed E-state index contributed by atoms with van der Waals surface area (Å²) >= 11 is 0. The maximum Gasteiger partial charge on any atom is 0.270 e. The Labute approximate surface area is 229 Å². The number of benzene rings is 1. The van der Waals surface area contributed by atoms with Gasteiger partial charge in [0.25, 0.3) is 17.7 Å². The van der Waals surface area contributed by atoms with Crippen molar-refractivity contribution in [2.24, 2.45) is 11.8 Å². The van der Waals surface area contributed by atoms with E-state index in [2.05, 4.69) is 38.3 Å². The van der Waals surface area contributed by atoms with Gasteiger partial charge in [-0.05, 0) is 49.0 Å². The van der Waals surface area contributed by atoms with Crippen LogP contribution in [0.2, 0.25) is 0 Å². The van der Waals surface area contributed by atoms with Crippen molar-refractivity contribution in [2.75, 3.05) is 31.6 Å². The molecular formula is C28H39N7O4. The van der Waals surface area contributed by atoms with Crippen LogP contribution in [0.15, 0.2) is 36.5 Å². The first-order chi connectivity index (χ1) is 19.0. The molecule has 3 aromatic rings. The molecule has 0 radical (unpaired) electrons. The number of anilines is 1. The molecule has 2 atom stereocenters. The fraction of sp³-hybridized carbons (Fsp3) is 0.464. The number of nitrogens with one attached hydrogen (secondary N) is 4. The van der Waals surface area contributed by atoms with Crippen LogP contribution in [0, 0.1) is 11.8 Å². The van der Waals surface area contributed by atoms with E-state index < -0.39 is 5.91 Å². The minimum atomic E-state index is -0.425. The van der Waals surface area contributed by atoms with Gasteiger partial charge in [0.2, 0.25) is 0 Å². The average molecular weight is 538 g/mol. The zero-order valence-corrected chi connectivity index (χ0v) is 23.3. The Kier molecular flexibility index (Phi) is 10.8. The Bertz CT molecular complexity index is 1290. The Morgan fingerprint density at radius 2 is 1.90 bits per heavy atom. The molecule has 39 heavy (non-hydrogen) atoms. The molecule has 2 aliphatic heterocycles. The van der Waals surface area contributed by atoms with Crippen molar-refractivity contribution >= 4 is 29.1 Å². The molecule has 2 aliphatic rings. The topological polar surface area (TPSA) is 139 Å². The van der Waals surface area contributed by atoms with E-state index in [1.54, 1.807) is 18.2 Å². The molecule has 11 heteroatoms. The number of carbonyl (C=O) groups excluding carboxylic acids is 3. The second-order valence-electron chi connectivity index (χ2n) is 8.92. The van der Waals surface area contributed by atoms with Crippen molar-refractivity contribution in [3.8, 4) is 5.75 Å². The minimum Gasteiger partial charge on any atom is -0.482 e. The van der Waals surface area contributed by atoms with Gasteiger partial charge in [0.15, 0.2) is 12.3 Å². The van der Waals surface area contributed by atoms with Gasteiger partial charge in [-0.25, -0.2) is 9.50 Å². The molecule has 0 saturated carbocycles. The van der Waals surface area contributed by atoms with Crippen LogP contribution in [0.4, 0.5) is 5.69 Å². The van der Waals surface area contributed by atoms with Gasteiger partial charge in [-0.1, -0.05) is 40.7 Å². The highest BCUT2D eigenvalue weighted by molar-refractivity contribution is 5.98. The lowest BCUT2D eigenvalue weighted by Crippen LogP contribution is -2.42. The normalized spacial score (nSPS) is 17.7. The SMILES string of the molecule is CC.CC.CC1CCNCC1CNC(=O)c1cc(C(=O)NCc2ccc3c(c2)NC(=O)CO3)nc2ccnn12. The summed E-state index contributed by atoms with van der Waals surface area (Å²) in [4.78, 5) is 41.8. The van der Waals surface area contributed by atoms with Gasteiger partial charge in [0.05, 0.1) is 11.9 Å². The van der Waals surface area contributed by atoms with Crippen LogP contribution in [0.5, 0.6) is 5.75 Å². The van der Waals surface area contributed by atoms with Crippen LogP contribution in [0.1, 0.15) is 67.6 Å². The largest absolute Gasteiger partial charge is 0.482 e. The molecule has 3 amide bonds. The van der Waals surface area contributed by atoms with Crippen LogP contribution in [0.3, 0.4) is 0 Å². The van der Waals surface area contributed by atoms with E-state index in [4.69, 9.17) is 4.74 Å². The maximum atomic E-state index is 13.0. The number of rotatable bonds is 6. The summed E-state index contributed by atoms with van der Waals surface area (Å²) in [6.07, 6.45) is 2.62. The predicted molar refractivity (Wildman–Crippen MR) is 150 cm³/mol. The number of nitrogens with zero attached hydrogens (tertiary/aromatic N) is 3. The summed E-state index contributed by atoms with van der Waals surface area (Å²) in [7, 11) is 0. The lowest BCUT2D eigenvalue weighted by Gasteiger charge is -2.29. The Hall–Kier alpha value is -3.99. The molecule has 1 fully saturated rings. The van der Waals surface area contributed by atoms with Gasteiger partial charge < -0.3 is 26.0 Å². The molecule has 1 aromatic carbocycles. The Morgan fingerprint density at radius 3 is 2.67 bits per heavy atom. The number of amides is 3. The van der Waals surface area contributed by atoms with Gasteiger partial charge in [-0.3, -0.25) is 14.4 Å². The molecule has 0 bridgehead atoms. The lowest BCUT2D eigenvalue weighted by molar-refractivity contribution is -0.118.